The smallest absolute Gasteiger partial charge is 0.282 e. The number of carbonyl (C=O) groups excluding carboxylic acids is 3. The highest BCUT2D eigenvalue weighted by molar-refractivity contribution is 6.06. The van der Waals surface area contributed by atoms with E-state index in [-0.39, 0.29) is 29.5 Å². The van der Waals surface area contributed by atoms with Gasteiger partial charge in [-0.1, -0.05) is 19.1 Å². The zero-order valence-electron chi connectivity index (χ0n) is 14.5. The normalized spacial score (nSPS) is 27.4. The van der Waals surface area contributed by atoms with Crippen LogP contribution in [0.4, 0.5) is 5.69 Å². The van der Waals surface area contributed by atoms with Crippen molar-refractivity contribution in [2.45, 2.75) is 32.4 Å². The summed E-state index contributed by atoms with van der Waals surface area (Å²) in [7, 11) is 0. The Hall–Kier alpha value is -2.81. The van der Waals surface area contributed by atoms with Crippen molar-refractivity contribution in [2.75, 3.05) is 13.1 Å². The number of fused-ring (bicyclic) bond motifs is 1. The summed E-state index contributed by atoms with van der Waals surface area (Å²) in [5.41, 5.74) is -0.979. The Morgan fingerprint density at radius 3 is 2.73 bits per heavy atom. The standard InChI is InChI=1S/C17H18N4O5/c1-3-13(22)20-15(23)10(2)17-11-6-4-7-12(21(25)26)14(11)16(24)18(17)8-5-9-19(17)20/h4,6-7,10H,3,5,8-9H2,1-2H3/t10-,17+/m1/s1. The predicted octanol–water partition coefficient (Wildman–Crippen LogP) is 1.24. The first-order chi connectivity index (χ1) is 12.4. The molecule has 0 aliphatic carbocycles. The minimum absolute atomic E-state index is 0.0230. The molecule has 2 fully saturated rings. The second-order valence-corrected chi connectivity index (χ2v) is 6.74. The van der Waals surface area contributed by atoms with Gasteiger partial charge in [0.25, 0.3) is 17.5 Å². The van der Waals surface area contributed by atoms with Gasteiger partial charge in [0.1, 0.15) is 5.56 Å². The lowest BCUT2D eigenvalue weighted by atomic mass is 9.85. The average molecular weight is 358 g/mol. The highest BCUT2D eigenvalue weighted by Crippen LogP contribution is 2.55. The summed E-state index contributed by atoms with van der Waals surface area (Å²) in [6, 6.07) is 4.48. The Kier molecular flexibility index (Phi) is 3.42. The van der Waals surface area contributed by atoms with Crippen molar-refractivity contribution in [1.29, 1.82) is 0 Å². The molecular formula is C17H18N4O5. The van der Waals surface area contributed by atoms with Gasteiger partial charge in [0, 0.05) is 31.1 Å². The number of hydrogen-bond donors (Lipinski definition) is 0. The molecule has 0 saturated carbocycles. The molecule has 3 aliphatic heterocycles. The van der Waals surface area contributed by atoms with E-state index in [4.69, 9.17) is 0 Å². The summed E-state index contributed by atoms with van der Waals surface area (Å²) in [6.45, 7) is 4.16. The van der Waals surface area contributed by atoms with Crippen LogP contribution in [-0.4, -0.2) is 50.7 Å². The molecule has 1 aromatic rings. The van der Waals surface area contributed by atoms with Crippen molar-refractivity contribution in [2.24, 2.45) is 5.92 Å². The molecule has 1 aromatic carbocycles. The summed E-state index contributed by atoms with van der Waals surface area (Å²) in [5, 5.41) is 14.2. The van der Waals surface area contributed by atoms with Crippen molar-refractivity contribution in [1.82, 2.24) is 14.9 Å². The minimum Gasteiger partial charge on any atom is -0.313 e. The summed E-state index contributed by atoms with van der Waals surface area (Å²) in [5.74, 6) is -1.88. The predicted molar refractivity (Wildman–Crippen MR) is 88.4 cm³/mol. The SMILES string of the molecule is CCC(=O)N1C(=O)[C@@H](C)[C@]23c4cccc([N+](=O)[O-])c4C(=O)N2CCCN13. The van der Waals surface area contributed by atoms with Crippen molar-refractivity contribution < 1.29 is 19.3 Å². The molecule has 0 aromatic heterocycles. The van der Waals surface area contributed by atoms with Gasteiger partial charge >= 0.3 is 0 Å². The zero-order valence-corrected chi connectivity index (χ0v) is 14.5. The lowest BCUT2D eigenvalue weighted by molar-refractivity contribution is -0.385. The summed E-state index contributed by atoms with van der Waals surface area (Å²) in [4.78, 5) is 50.8. The van der Waals surface area contributed by atoms with E-state index in [0.29, 0.717) is 25.1 Å². The van der Waals surface area contributed by atoms with E-state index in [1.807, 2.05) is 0 Å². The van der Waals surface area contributed by atoms with Crippen LogP contribution in [0.15, 0.2) is 18.2 Å². The molecule has 0 N–H and O–H groups in total. The van der Waals surface area contributed by atoms with Crippen LogP contribution in [0.3, 0.4) is 0 Å². The number of imide groups is 1. The Bertz CT molecular complexity index is 869. The Balaban J connectivity index is 2.01. The number of carbonyl (C=O) groups is 3. The fourth-order valence-electron chi connectivity index (χ4n) is 4.58. The number of amides is 3. The van der Waals surface area contributed by atoms with Gasteiger partial charge in [0.05, 0.1) is 10.8 Å². The van der Waals surface area contributed by atoms with Crippen LogP contribution in [0, 0.1) is 16.0 Å². The van der Waals surface area contributed by atoms with E-state index in [0.717, 1.165) is 5.01 Å². The molecule has 26 heavy (non-hydrogen) atoms. The fourth-order valence-corrected chi connectivity index (χ4v) is 4.58. The number of nitro benzene ring substituents is 1. The van der Waals surface area contributed by atoms with Crippen molar-refractivity contribution in [3.05, 3.63) is 39.4 Å². The Morgan fingerprint density at radius 1 is 1.35 bits per heavy atom. The average Bonchev–Trinajstić information content (AvgIpc) is 3.04. The third-order valence-corrected chi connectivity index (χ3v) is 5.61. The topological polar surface area (TPSA) is 104 Å². The van der Waals surface area contributed by atoms with Crippen molar-refractivity contribution >= 4 is 23.4 Å². The lowest BCUT2D eigenvalue weighted by Crippen LogP contribution is -2.62. The second-order valence-electron chi connectivity index (χ2n) is 6.74. The number of rotatable bonds is 2. The van der Waals surface area contributed by atoms with Crippen LogP contribution in [-0.2, 0) is 15.3 Å². The molecule has 3 aliphatic rings. The summed E-state index contributed by atoms with van der Waals surface area (Å²) >= 11 is 0. The van der Waals surface area contributed by atoms with Crippen LogP contribution in [0.5, 0.6) is 0 Å². The summed E-state index contributed by atoms with van der Waals surface area (Å²) in [6.07, 6.45) is 0.726. The van der Waals surface area contributed by atoms with Crippen LogP contribution in [0.25, 0.3) is 0 Å². The molecule has 1 spiro atoms. The second kappa shape index (κ2) is 5.34. The van der Waals surface area contributed by atoms with Crippen molar-refractivity contribution in [3.63, 3.8) is 0 Å². The third kappa shape index (κ3) is 1.70. The molecule has 4 rings (SSSR count). The maximum absolute atomic E-state index is 13.1. The first-order valence-corrected chi connectivity index (χ1v) is 8.61. The molecule has 3 heterocycles. The molecule has 2 atom stereocenters. The molecule has 2 saturated heterocycles. The molecule has 3 amide bonds. The highest BCUT2D eigenvalue weighted by atomic mass is 16.6. The van der Waals surface area contributed by atoms with Gasteiger partial charge in [-0.25, -0.2) is 5.01 Å². The number of nitrogens with zero attached hydrogens (tertiary/aromatic N) is 4. The van der Waals surface area contributed by atoms with Gasteiger partial charge in [-0.3, -0.25) is 24.5 Å². The van der Waals surface area contributed by atoms with E-state index in [1.165, 1.54) is 17.0 Å². The third-order valence-electron chi connectivity index (χ3n) is 5.61. The molecule has 0 unspecified atom stereocenters. The fraction of sp³-hybridized carbons (Fsp3) is 0.471. The van der Waals surface area contributed by atoms with E-state index < -0.39 is 22.4 Å². The van der Waals surface area contributed by atoms with Gasteiger partial charge in [-0.2, -0.15) is 5.01 Å². The quantitative estimate of drug-likeness (QED) is 0.582. The maximum atomic E-state index is 13.1. The molecule has 136 valence electrons. The van der Waals surface area contributed by atoms with Gasteiger partial charge in [-0.05, 0) is 13.3 Å². The maximum Gasteiger partial charge on any atom is 0.282 e. The first-order valence-electron chi connectivity index (χ1n) is 8.61. The van der Waals surface area contributed by atoms with E-state index in [1.54, 1.807) is 24.9 Å². The van der Waals surface area contributed by atoms with Crippen LogP contribution in [0.2, 0.25) is 0 Å². The minimum atomic E-state index is -1.17. The molecular weight excluding hydrogens is 340 g/mol. The molecule has 9 heteroatoms. The van der Waals surface area contributed by atoms with Crippen LogP contribution >= 0.6 is 0 Å². The Labute approximate surface area is 149 Å². The Morgan fingerprint density at radius 2 is 2.08 bits per heavy atom. The van der Waals surface area contributed by atoms with Gasteiger partial charge in [0.15, 0.2) is 5.66 Å². The highest BCUT2D eigenvalue weighted by Gasteiger charge is 2.68. The number of hydrazine groups is 1. The number of hydrogen-bond acceptors (Lipinski definition) is 6. The molecule has 0 radical (unpaired) electrons. The zero-order chi connectivity index (χ0) is 18.8. The first kappa shape index (κ1) is 16.6. The van der Waals surface area contributed by atoms with Gasteiger partial charge in [-0.15, -0.1) is 0 Å². The molecule has 0 bridgehead atoms. The summed E-state index contributed by atoms with van der Waals surface area (Å²) < 4.78 is 0. The van der Waals surface area contributed by atoms with Gasteiger partial charge < -0.3 is 4.90 Å². The van der Waals surface area contributed by atoms with E-state index in [9.17, 15) is 24.5 Å². The van der Waals surface area contributed by atoms with Crippen molar-refractivity contribution in [3.8, 4) is 0 Å². The number of nitro groups is 1. The number of benzene rings is 1. The van der Waals surface area contributed by atoms with Gasteiger partial charge in [0.2, 0.25) is 5.91 Å². The lowest BCUT2D eigenvalue weighted by Gasteiger charge is -2.48. The molecule has 9 nitrogen and oxygen atoms in total. The van der Waals surface area contributed by atoms with Crippen LogP contribution in [0.1, 0.15) is 42.6 Å². The van der Waals surface area contributed by atoms with E-state index >= 15 is 0 Å². The monoisotopic (exact) mass is 358 g/mol. The largest absolute Gasteiger partial charge is 0.313 e. The van der Waals surface area contributed by atoms with E-state index in [2.05, 4.69) is 0 Å². The van der Waals surface area contributed by atoms with Crippen LogP contribution < -0.4 is 0 Å².